The van der Waals surface area contributed by atoms with Gasteiger partial charge in [0, 0.05) is 47.1 Å². The Morgan fingerprint density at radius 2 is 2.27 bits per heavy atom. The molecule has 1 aliphatic rings. The summed E-state index contributed by atoms with van der Waals surface area (Å²) in [6.07, 6.45) is 6.05. The minimum Gasteiger partial charge on any atom is -0.469 e. The van der Waals surface area contributed by atoms with Gasteiger partial charge < -0.3 is 14.6 Å². The van der Waals surface area contributed by atoms with Gasteiger partial charge in [-0.25, -0.2) is 0 Å². The van der Waals surface area contributed by atoms with Crippen molar-refractivity contribution in [3.05, 3.63) is 34.4 Å². The third-order valence-corrected chi connectivity index (χ3v) is 4.59. The maximum atomic E-state index is 11.3. The molecule has 0 radical (unpaired) electrons. The summed E-state index contributed by atoms with van der Waals surface area (Å²) in [5.41, 5.74) is 2.54. The van der Waals surface area contributed by atoms with E-state index in [0.29, 0.717) is 12.5 Å². The van der Waals surface area contributed by atoms with Crippen LogP contribution in [0.4, 0.5) is 0 Å². The van der Waals surface area contributed by atoms with Crippen LogP contribution >= 0.6 is 15.9 Å². The molecule has 0 bridgehead atoms. The lowest BCUT2D eigenvalue weighted by atomic mass is 10.2. The van der Waals surface area contributed by atoms with E-state index >= 15 is 0 Å². The van der Waals surface area contributed by atoms with Gasteiger partial charge in [0.15, 0.2) is 0 Å². The van der Waals surface area contributed by atoms with Gasteiger partial charge in [0.1, 0.15) is 0 Å². The van der Waals surface area contributed by atoms with Gasteiger partial charge in [-0.15, -0.1) is 0 Å². The van der Waals surface area contributed by atoms with Crippen LogP contribution in [0.25, 0.3) is 10.9 Å². The summed E-state index contributed by atoms with van der Waals surface area (Å²) in [6.45, 7) is 1.73. The van der Waals surface area contributed by atoms with Crippen molar-refractivity contribution in [3.8, 4) is 0 Å². The summed E-state index contributed by atoms with van der Waals surface area (Å²) < 4.78 is 8.05. The molecule has 0 atom stereocenters. The lowest BCUT2D eigenvalue weighted by molar-refractivity contribution is -0.140. The third kappa shape index (κ3) is 3.70. The molecule has 1 N–H and O–H groups in total. The Morgan fingerprint density at radius 1 is 1.45 bits per heavy atom. The average molecular weight is 365 g/mol. The first-order chi connectivity index (χ1) is 10.7. The van der Waals surface area contributed by atoms with Crippen molar-refractivity contribution in [2.24, 2.45) is 0 Å². The summed E-state index contributed by atoms with van der Waals surface area (Å²) in [6, 6.07) is 7.08. The lowest BCUT2D eigenvalue weighted by Crippen LogP contribution is -2.14. The van der Waals surface area contributed by atoms with Gasteiger partial charge in [0.05, 0.1) is 7.11 Å². The first kappa shape index (κ1) is 15.6. The van der Waals surface area contributed by atoms with Gasteiger partial charge in [0.2, 0.25) is 0 Å². The number of hydrogen-bond donors (Lipinski definition) is 1. The molecule has 118 valence electrons. The highest BCUT2D eigenvalue weighted by molar-refractivity contribution is 9.10. The number of ether oxygens (including phenoxy) is 1. The van der Waals surface area contributed by atoms with Crippen LogP contribution in [-0.4, -0.2) is 23.7 Å². The van der Waals surface area contributed by atoms with Crippen LogP contribution in [0.5, 0.6) is 0 Å². The number of nitrogens with one attached hydrogen (secondary N) is 1. The predicted octanol–water partition coefficient (Wildman–Crippen LogP) is 3.61. The molecule has 1 saturated carbocycles. The molecule has 1 fully saturated rings. The second-order valence-corrected chi connectivity index (χ2v) is 6.76. The Bertz CT molecular complexity index is 677. The van der Waals surface area contributed by atoms with Gasteiger partial charge in [-0.3, -0.25) is 4.79 Å². The van der Waals surface area contributed by atoms with Gasteiger partial charge in [-0.2, -0.15) is 0 Å². The Morgan fingerprint density at radius 3 is 3.00 bits per heavy atom. The number of aromatic nitrogens is 1. The van der Waals surface area contributed by atoms with Crippen molar-refractivity contribution in [2.75, 3.05) is 7.11 Å². The van der Waals surface area contributed by atoms with Crippen molar-refractivity contribution < 1.29 is 9.53 Å². The minimum atomic E-state index is -0.144. The maximum Gasteiger partial charge on any atom is 0.305 e. The molecule has 3 rings (SSSR count). The maximum absolute atomic E-state index is 11.3. The van der Waals surface area contributed by atoms with Gasteiger partial charge in [-0.05, 0) is 43.0 Å². The van der Waals surface area contributed by atoms with E-state index in [-0.39, 0.29) is 5.97 Å². The SMILES string of the molecule is COC(=O)CCCn1cc(CNC2CC2)c2cc(Br)ccc21. The predicted molar refractivity (Wildman–Crippen MR) is 90.7 cm³/mol. The monoisotopic (exact) mass is 364 g/mol. The van der Waals surface area contributed by atoms with E-state index in [2.05, 4.69) is 50.2 Å². The first-order valence-corrected chi connectivity index (χ1v) is 8.54. The highest BCUT2D eigenvalue weighted by Crippen LogP contribution is 2.27. The Kier molecular flexibility index (Phi) is 4.84. The molecule has 0 amide bonds. The number of fused-ring (bicyclic) bond motifs is 1. The second-order valence-electron chi connectivity index (χ2n) is 5.84. The second kappa shape index (κ2) is 6.84. The van der Waals surface area contributed by atoms with E-state index in [0.717, 1.165) is 24.0 Å². The molecule has 4 nitrogen and oxygen atoms in total. The van der Waals surface area contributed by atoms with Crippen molar-refractivity contribution in [1.29, 1.82) is 0 Å². The number of methoxy groups -OCH3 is 1. The number of esters is 1. The Hall–Kier alpha value is -1.33. The van der Waals surface area contributed by atoms with Gasteiger partial charge >= 0.3 is 5.97 Å². The fraction of sp³-hybridized carbons (Fsp3) is 0.471. The first-order valence-electron chi connectivity index (χ1n) is 7.75. The Labute approximate surface area is 139 Å². The van der Waals surface area contributed by atoms with Crippen molar-refractivity contribution in [2.45, 2.75) is 44.8 Å². The van der Waals surface area contributed by atoms with Crippen LogP contribution in [0.1, 0.15) is 31.2 Å². The molecule has 2 aromatic rings. The number of carbonyl (C=O) groups is 1. The smallest absolute Gasteiger partial charge is 0.305 e. The number of benzene rings is 1. The van der Waals surface area contributed by atoms with Crippen LogP contribution in [0.15, 0.2) is 28.9 Å². The van der Waals surface area contributed by atoms with Crippen LogP contribution < -0.4 is 5.32 Å². The molecule has 0 unspecified atom stereocenters. The normalized spacial score (nSPS) is 14.5. The molecule has 1 aromatic carbocycles. The molecule has 0 aliphatic heterocycles. The highest BCUT2D eigenvalue weighted by Gasteiger charge is 2.21. The fourth-order valence-electron chi connectivity index (χ4n) is 2.71. The highest BCUT2D eigenvalue weighted by atomic mass is 79.9. The molecule has 1 heterocycles. The summed E-state index contributed by atoms with van der Waals surface area (Å²) in [5, 5.41) is 4.86. The topological polar surface area (TPSA) is 43.3 Å². The van der Waals surface area contributed by atoms with E-state index in [4.69, 9.17) is 4.74 Å². The largest absolute Gasteiger partial charge is 0.469 e. The number of hydrogen-bond acceptors (Lipinski definition) is 3. The number of carbonyl (C=O) groups excluding carboxylic acids is 1. The third-order valence-electron chi connectivity index (χ3n) is 4.09. The quantitative estimate of drug-likeness (QED) is 0.763. The van der Waals surface area contributed by atoms with Crippen LogP contribution in [0, 0.1) is 0 Å². The van der Waals surface area contributed by atoms with Crippen LogP contribution in [-0.2, 0) is 22.6 Å². The summed E-state index contributed by atoms with van der Waals surface area (Å²) >= 11 is 3.56. The molecule has 1 aliphatic carbocycles. The van der Waals surface area contributed by atoms with E-state index in [9.17, 15) is 4.79 Å². The zero-order valence-electron chi connectivity index (χ0n) is 12.8. The standard InChI is InChI=1S/C17H21BrN2O2/c1-22-17(21)3-2-8-20-11-12(10-19-14-5-6-14)15-9-13(18)4-7-16(15)20/h4,7,9,11,14,19H,2-3,5-6,8,10H2,1H3. The summed E-state index contributed by atoms with van der Waals surface area (Å²) in [7, 11) is 1.44. The number of rotatable bonds is 7. The molecule has 5 heteroatoms. The zero-order valence-corrected chi connectivity index (χ0v) is 14.4. The van der Waals surface area contributed by atoms with E-state index in [1.165, 1.54) is 36.4 Å². The molecular formula is C17H21BrN2O2. The number of aryl methyl sites for hydroxylation is 1. The molecule has 0 saturated heterocycles. The molecule has 22 heavy (non-hydrogen) atoms. The Balaban J connectivity index is 1.77. The summed E-state index contributed by atoms with van der Waals surface area (Å²) in [4.78, 5) is 11.3. The van der Waals surface area contributed by atoms with Gasteiger partial charge in [-0.1, -0.05) is 15.9 Å². The van der Waals surface area contributed by atoms with E-state index in [1.54, 1.807) is 0 Å². The van der Waals surface area contributed by atoms with Crippen molar-refractivity contribution in [1.82, 2.24) is 9.88 Å². The molecule has 0 spiro atoms. The number of halogens is 1. The van der Waals surface area contributed by atoms with Gasteiger partial charge in [0.25, 0.3) is 0 Å². The minimum absolute atomic E-state index is 0.144. The van der Waals surface area contributed by atoms with Crippen molar-refractivity contribution in [3.63, 3.8) is 0 Å². The fourth-order valence-corrected chi connectivity index (χ4v) is 3.07. The van der Waals surface area contributed by atoms with Crippen molar-refractivity contribution >= 4 is 32.8 Å². The van der Waals surface area contributed by atoms with Crippen LogP contribution in [0.2, 0.25) is 0 Å². The van der Waals surface area contributed by atoms with Crippen LogP contribution in [0.3, 0.4) is 0 Å². The van der Waals surface area contributed by atoms with E-state index < -0.39 is 0 Å². The molecular weight excluding hydrogens is 344 g/mol. The lowest BCUT2D eigenvalue weighted by Gasteiger charge is -2.04. The molecule has 1 aromatic heterocycles. The average Bonchev–Trinajstić information content (AvgIpc) is 3.28. The van der Waals surface area contributed by atoms with E-state index in [1.807, 2.05) is 0 Å². The summed E-state index contributed by atoms with van der Waals surface area (Å²) in [5.74, 6) is -0.144. The zero-order chi connectivity index (χ0) is 15.5. The number of nitrogens with zero attached hydrogens (tertiary/aromatic N) is 1.